The van der Waals surface area contributed by atoms with Crippen molar-refractivity contribution in [1.82, 2.24) is 20.2 Å². The Morgan fingerprint density at radius 3 is 2.40 bits per heavy atom. The lowest BCUT2D eigenvalue weighted by atomic mass is 10.1. The van der Waals surface area contributed by atoms with Crippen LogP contribution in [0.15, 0.2) is 46.5 Å². The predicted molar refractivity (Wildman–Crippen MR) is 186 cm³/mol. The van der Waals surface area contributed by atoms with Gasteiger partial charge in [-0.25, -0.2) is 9.37 Å². The Kier molecular flexibility index (Phi) is 16.6. The van der Waals surface area contributed by atoms with Gasteiger partial charge in [0.2, 0.25) is 6.41 Å². The number of rotatable bonds is 7. The maximum atomic E-state index is 13.4. The number of nitrogens with one attached hydrogen (secondary N) is 2. The van der Waals surface area contributed by atoms with Crippen molar-refractivity contribution >= 4 is 35.7 Å². The Bertz CT molecular complexity index is 1290. The number of amides is 2. The maximum absolute atomic E-state index is 13.4. The number of halogens is 1. The number of anilines is 2. The minimum absolute atomic E-state index is 0.122. The molecule has 1 aliphatic carbocycles. The van der Waals surface area contributed by atoms with E-state index in [9.17, 15) is 9.18 Å². The minimum atomic E-state index is -0.422. The molecule has 1 saturated carbocycles. The van der Waals surface area contributed by atoms with Crippen molar-refractivity contribution in [2.45, 2.75) is 78.6 Å². The van der Waals surface area contributed by atoms with Crippen LogP contribution >= 0.6 is 11.8 Å². The van der Waals surface area contributed by atoms with Gasteiger partial charge in [0, 0.05) is 38.1 Å². The monoisotopic (exact) mass is 641 g/mol. The summed E-state index contributed by atoms with van der Waals surface area (Å²) >= 11 is 1.73. The zero-order chi connectivity index (χ0) is 33.4. The molecule has 0 bridgehead atoms. The molecule has 248 valence electrons. The lowest BCUT2D eigenvalue weighted by molar-refractivity contribution is -0.106. The Balaban J connectivity index is 0.000000296. The molecular weight excluding hydrogens is 589 g/mol. The Morgan fingerprint density at radius 2 is 1.82 bits per heavy atom. The van der Waals surface area contributed by atoms with Crippen LogP contribution in [-0.4, -0.2) is 67.5 Å². The van der Waals surface area contributed by atoms with Crippen LogP contribution in [-0.2, 0) is 4.79 Å². The summed E-state index contributed by atoms with van der Waals surface area (Å²) < 4.78 is 13.4. The molecule has 0 radical (unpaired) electrons. The summed E-state index contributed by atoms with van der Waals surface area (Å²) in [5.74, 6) is 1.52. The van der Waals surface area contributed by atoms with Gasteiger partial charge in [0.1, 0.15) is 11.6 Å². The maximum Gasteiger partial charge on any atom is 0.253 e. The van der Waals surface area contributed by atoms with Crippen LogP contribution in [0.3, 0.4) is 0 Å². The number of hydrogen-bond acceptors (Lipinski definition) is 8. The molecule has 1 aromatic carbocycles. The first kappa shape index (κ1) is 37.7. The number of thioether (sulfide) groups is 1. The zero-order valence-corrected chi connectivity index (χ0v) is 28.7. The highest BCUT2D eigenvalue weighted by molar-refractivity contribution is 8.06. The number of aryl methyl sites for hydroxylation is 1. The van der Waals surface area contributed by atoms with Crippen molar-refractivity contribution in [3.63, 3.8) is 0 Å². The number of nitrogens with two attached hydrogens (primary N) is 1. The molecule has 4 N–H and O–H groups in total. The van der Waals surface area contributed by atoms with Crippen molar-refractivity contribution in [3.05, 3.63) is 69.1 Å². The average molecular weight is 642 g/mol. The van der Waals surface area contributed by atoms with Crippen LogP contribution in [0.25, 0.3) is 0 Å². The number of primary amides is 1. The molecule has 2 amide bonds. The van der Waals surface area contributed by atoms with Gasteiger partial charge >= 0.3 is 0 Å². The van der Waals surface area contributed by atoms with Crippen LogP contribution in [0.2, 0.25) is 0 Å². The van der Waals surface area contributed by atoms with Gasteiger partial charge in [-0.2, -0.15) is 0 Å². The van der Waals surface area contributed by atoms with Crippen molar-refractivity contribution in [2.24, 2.45) is 5.73 Å². The van der Waals surface area contributed by atoms with Crippen LogP contribution in [0.5, 0.6) is 0 Å². The summed E-state index contributed by atoms with van der Waals surface area (Å²) in [5, 5.41) is 6.71. The highest BCUT2D eigenvalue weighted by atomic mass is 32.2. The summed E-state index contributed by atoms with van der Waals surface area (Å²) in [4.78, 5) is 35.2. The van der Waals surface area contributed by atoms with Crippen LogP contribution in [0.1, 0.15) is 93.3 Å². The normalized spacial score (nSPS) is 16.1. The molecule has 45 heavy (non-hydrogen) atoms. The number of aromatic nitrogens is 2. The number of hydrogen-bond donors (Lipinski definition) is 3. The van der Waals surface area contributed by atoms with E-state index in [1.165, 1.54) is 49.3 Å². The number of carbonyl (C=O) groups excluding carboxylic acids is 2. The van der Waals surface area contributed by atoms with Crippen LogP contribution in [0.4, 0.5) is 16.0 Å². The Labute approximate surface area is 273 Å². The average Bonchev–Trinajstić information content (AvgIpc) is 3.87. The van der Waals surface area contributed by atoms with E-state index in [4.69, 9.17) is 9.78 Å². The van der Waals surface area contributed by atoms with E-state index < -0.39 is 5.82 Å². The standard InChI is InChI=1S/C19H29N5S.C11H12FNO.C3H8.CH3NO/c1-14-8-11-23(4)13-17(14)25-16(3)21-19-15(2)20-12-18(22-19)24-9-6-5-7-10-24;1-13-11(14)9-5-4-8(6-10(9)12)7-2-3-7;1-3-2;2-1-3/h12H,3,5-11,13H2,1-2,4H3,(H,21,22);4-7H,2-3H2,1H3,(H,13,14);3H2,1-2H3;1H,(H2,2,3). The van der Waals surface area contributed by atoms with Crippen molar-refractivity contribution in [2.75, 3.05) is 50.5 Å². The fourth-order valence-corrected chi connectivity index (χ4v) is 5.74. The van der Waals surface area contributed by atoms with Gasteiger partial charge in [-0.3, -0.25) is 14.6 Å². The summed E-state index contributed by atoms with van der Waals surface area (Å²) in [6.45, 7) is 17.0. The summed E-state index contributed by atoms with van der Waals surface area (Å²) in [6, 6.07) is 4.87. The highest BCUT2D eigenvalue weighted by Crippen LogP contribution is 2.40. The third kappa shape index (κ3) is 12.8. The van der Waals surface area contributed by atoms with Crippen molar-refractivity contribution < 1.29 is 14.0 Å². The first-order valence-electron chi connectivity index (χ1n) is 15.8. The van der Waals surface area contributed by atoms with Crippen LogP contribution in [0, 0.1) is 12.7 Å². The summed E-state index contributed by atoms with van der Waals surface area (Å²) in [6.07, 6.45) is 10.6. The van der Waals surface area contributed by atoms with Gasteiger partial charge < -0.3 is 26.2 Å². The van der Waals surface area contributed by atoms with E-state index in [-0.39, 0.29) is 17.9 Å². The lowest BCUT2D eigenvalue weighted by Gasteiger charge is -2.28. The van der Waals surface area contributed by atoms with Gasteiger partial charge in [0.05, 0.1) is 22.5 Å². The molecule has 2 aliphatic heterocycles. The summed E-state index contributed by atoms with van der Waals surface area (Å²) in [7, 11) is 3.66. The second-order valence-electron chi connectivity index (χ2n) is 11.5. The molecule has 9 nitrogen and oxygen atoms in total. The predicted octanol–water partition coefficient (Wildman–Crippen LogP) is 6.58. The number of likely N-dealkylation sites (N-methyl/N-ethyl adjacent to an activating group) is 1. The minimum Gasteiger partial charge on any atom is -0.372 e. The fraction of sp³-hybridized carbons (Fsp3) is 0.529. The van der Waals surface area contributed by atoms with Crippen molar-refractivity contribution in [3.8, 4) is 0 Å². The van der Waals surface area contributed by atoms with E-state index in [0.717, 1.165) is 73.4 Å². The number of piperidine rings is 1. The lowest BCUT2D eigenvalue weighted by Crippen LogP contribution is -2.30. The van der Waals surface area contributed by atoms with E-state index in [1.54, 1.807) is 17.8 Å². The second-order valence-corrected chi connectivity index (χ2v) is 12.7. The zero-order valence-electron chi connectivity index (χ0n) is 27.9. The molecule has 1 saturated heterocycles. The molecule has 0 atom stereocenters. The van der Waals surface area contributed by atoms with Gasteiger partial charge in [-0.15, -0.1) is 0 Å². The molecule has 2 aromatic rings. The second kappa shape index (κ2) is 19.8. The Morgan fingerprint density at radius 1 is 1.18 bits per heavy atom. The molecular formula is C34H52FN7O2S. The number of nitrogens with zero attached hydrogens (tertiary/aromatic N) is 4. The third-order valence-corrected chi connectivity index (χ3v) is 8.47. The highest BCUT2D eigenvalue weighted by Gasteiger charge is 2.25. The fourth-order valence-electron chi connectivity index (χ4n) is 4.74. The molecule has 1 aromatic heterocycles. The smallest absolute Gasteiger partial charge is 0.253 e. The first-order valence-corrected chi connectivity index (χ1v) is 16.7. The Hall–Kier alpha value is -3.44. The van der Waals surface area contributed by atoms with E-state index >= 15 is 0 Å². The summed E-state index contributed by atoms with van der Waals surface area (Å²) in [5.41, 5.74) is 7.68. The molecule has 0 unspecified atom stereocenters. The SMILES string of the molecule is C=C(Nc1nc(N2CCCCC2)cnc1C)SC1=C(C)CCN(C)C1.CCC.CNC(=O)c1ccc(C2CC2)cc1F.NC=O. The quantitative estimate of drug-likeness (QED) is 0.290. The molecule has 11 heteroatoms. The molecule has 0 spiro atoms. The van der Waals surface area contributed by atoms with E-state index in [2.05, 4.69) is 65.5 Å². The van der Waals surface area contributed by atoms with E-state index in [0.29, 0.717) is 5.92 Å². The number of carbonyl (C=O) groups is 2. The first-order chi connectivity index (χ1) is 21.6. The molecule has 2 fully saturated rings. The third-order valence-electron chi connectivity index (χ3n) is 7.40. The van der Waals surface area contributed by atoms with Crippen LogP contribution < -0.4 is 21.3 Å². The van der Waals surface area contributed by atoms with Gasteiger partial charge in [0.25, 0.3) is 5.91 Å². The van der Waals surface area contributed by atoms with Crippen molar-refractivity contribution in [1.29, 1.82) is 0 Å². The molecule has 3 aliphatic rings. The van der Waals surface area contributed by atoms with Gasteiger partial charge in [-0.1, -0.05) is 50.2 Å². The largest absolute Gasteiger partial charge is 0.372 e. The van der Waals surface area contributed by atoms with E-state index in [1.807, 2.05) is 19.2 Å². The molecule has 3 heterocycles. The number of benzene rings is 1. The van der Waals surface area contributed by atoms with Gasteiger partial charge in [-0.05, 0) is 83.0 Å². The topological polar surface area (TPSA) is 116 Å². The molecule has 5 rings (SSSR count). The van der Waals surface area contributed by atoms with Gasteiger partial charge in [0.15, 0.2) is 5.82 Å².